The number of unbranched alkanes of at least 4 members (excludes halogenated alkanes) is 51. The van der Waals surface area contributed by atoms with Crippen molar-refractivity contribution in [3.05, 3.63) is 48.6 Å². The van der Waals surface area contributed by atoms with E-state index < -0.39 is 74.2 Å². The van der Waals surface area contributed by atoms with Gasteiger partial charge in [0.2, 0.25) is 5.91 Å². The highest BCUT2D eigenvalue weighted by Gasteiger charge is 2.44. The number of hydrogen-bond acceptors (Lipinski definition) is 10. The Kier molecular flexibility index (Phi) is 66.1. The number of nitrogens with one attached hydrogen (secondary N) is 1. The van der Waals surface area contributed by atoms with Crippen LogP contribution in [0, 0.1) is 0 Å². The first-order chi connectivity index (χ1) is 45.2. The molecule has 11 nitrogen and oxygen atoms in total. The summed E-state index contributed by atoms with van der Waals surface area (Å²) in [4.78, 5) is 13.3. The number of hydrogen-bond donors (Lipinski definition) is 8. The fourth-order valence-corrected chi connectivity index (χ4v) is 12.9. The Labute approximate surface area is 568 Å². The minimum Gasteiger partial charge on any atom is -0.394 e. The molecule has 8 N–H and O–H groups in total. The Balaban J connectivity index is 2.15. The van der Waals surface area contributed by atoms with Gasteiger partial charge in [0.25, 0.3) is 0 Å². The van der Waals surface area contributed by atoms with Crippen molar-refractivity contribution in [2.75, 3.05) is 13.2 Å². The van der Waals surface area contributed by atoms with E-state index in [0.717, 1.165) is 44.9 Å². The van der Waals surface area contributed by atoms with E-state index in [0.29, 0.717) is 19.3 Å². The van der Waals surface area contributed by atoms with Gasteiger partial charge in [-0.2, -0.15) is 0 Å². The number of allylic oxidation sites excluding steroid dienone is 8. The van der Waals surface area contributed by atoms with E-state index in [-0.39, 0.29) is 12.8 Å². The molecule has 9 unspecified atom stereocenters. The van der Waals surface area contributed by atoms with Crippen LogP contribution in [-0.4, -0.2) is 110 Å². The molecule has 1 rings (SSSR count). The summed E-state index contributed by atoms with van der Waals surface area (Å²) < 4.78 is 11.2. The zero-order valence-corrected chi connectivity index (χ0v) is 60.3. The normalized spacial score (nSPS) is 18.6. The first-order valence-electron chi connectivity index (χ1n) is 40.0. The maximum atomic E-state index is 13.3. The molecule has 0 aromatic carbocycles. The van der Waals surface area contributed by atoms with Gasteiger partial charge in [0.05, 0.1) is 25.4 Å². The standard InChI is InChI=1S/C81H153NO10/c1-3-5-7-9-11-13-15-17-19-21-23-25-27-29-31-32-33-34-35-36-37-38-39-40-41-43-45-47-49-51-53-55-57-59-61-63-65-67-69-74(85)80(90)82-72(71-91-81-79(89)78(88)77(87)75(70-83)92-81)76(86)73(84)68-66-64-62-60-58-56-54-52-50-48-46-44-42-30-28-26-24-22-20-18-16-14-12-10-8-6-4-2/h36-37,44,46,52,54,60,62,72-79,81,83-89H,3-35,38-43,45,47-51,53,55-59,61,63-71H2,1-2H3,(H,82,90)/b37-36-,46-44+,54-52+,62-60+. The maximum absolute atomic E-state index is 13.3. The predicted molar refractivity (Wildman–Crippen MR) is 390 cm³/mol. The third kappa shape index (κ3) is 55.1. The summed E-state index contributed by atoms with van der Waals surface area (Å²) in [6, 6.07) is -1.20. The number of aliphatic hydroxyl groups excluding tert-OH is 7. The highest BCUT2D eigenvalue weighted by atomic mass is 16.7. The third-order valence-corrected chi connectivity index (χ3v) is 19.3. The number of carbonyl (C=O) groups is 1. The number of aliphatic hydroxyl groups is 7. The molecule has 9 atom stereocenters. The molecule has 1 amide bonds. The number of amides is 1. The second-order valence-corrected chi connectivity index (χ2v) is 28.1. The highest BCUT2D eigenvalue weighted by Crippen LogP contribution is 2.24. The van der Waals surface area contributed by atoms with Crippen molar-refractivity contribution in [1.29, 1.82) is 0 Å². The topological polar surface area (TPSA) is 189 Å². The zero-order valence-electron chi connectivity index (χ0n) is 60.3. The van der Waals surface area contributed by atoms with Crippen molar-refractivity contribution in [2.45, 2.75) is 448 Å². The second kappa shape index (κ2) is 69.0. The molecule has 0 radical (unpaired) electrons. The maximum Gasteiger partial charge on any atom is 0.249 e. The Morgan fingerprint density at radius 3 is 0.967 bits per heavy atom. The summed E-state index contributed by atoms with van der Waals surface area (Å²) in [7, 11) is 0. The smallest absolute Gasteiger partial charge is 0.249 e. The van der Waals surface area contributed by atoms with Gasteiger partial charge in [-0.3, -0.25) is 4.79 Å². The van der Waals surface area contributed by atoms with E-state index in [1.165, 1.54) is 302 Å². The summed E-state index contributed by atoms with van der Waals surface area (Å²) in [5.74, 6) is -0.707. The molecule has 1 saturated heterocycles. The van der Waals surface area contributed by atoms with Crippen LogP contribution in [0.4, 0.5) is 0 Å². The van der Waals surface area contributed by atoms with Gasteiger partial charge in [-0.25, -0.2) is 0 Å². The molecule has 0 aromatic rings. The van der Waals surface area contributed by atoms with Crippen molar-refractivity contribution in [2.24, 2.45) is 0 Å². The molecule has 1 aliphatic rings. The molecular formula is C81H153NO10. The largest absolute Gasteiger partial charge is 0.394 e. The quantitative estimate of drug-likeness (QED) is 0.0215. The van der Waals surface area contributed by atoms with Crippen LogP contribution in [0.1, 0.15) is 393 Å². The van der Waals surface area contributed by atoms with Crippen LogP contribution in [0.5, 0.6) is 0 Å². The van der Waals surface area contributed by atoms with Gasteiger partial charge in [-0.1, -0.05) is 351 Å². The lowest BCUT2D eigenvalue weighted by molar-refractivity contribution is -0.303. The molecule has 0 spiro atoms. The second-order valence-electron chi connectivity index (χ2n) is 28.1. The Morgan fingerprint density at radius 2 is 0.652 bits per heavy atom. The van der Waals surface area contributed by atoms with Gasteiger partial charge >= 0.3 is 0 Å². The van der Waals surface area contributed by atoms with Crippen LogP contribution in [-0.2, 0) is 14.3 Å². The van der Waals surface area contributed by atoms with E-state index >= 15 is 0 Å². The monoisotopic (exact) mass is 1300 g/mol. The van der Waals surface area contributed by atoms with E-state index in [1.807, 2.05) is 0 Å². The average molecular weight is 1300 g/mol. The minimum atomic E-state index is -1.68. The predicted octanol–water partition coefficient (Wildman–Crippen LogP) is 20.7. The van der Waals surface area contributed by atoms with Crippen LogP contribution >= 0.6 is 0 Å². The van der Waals surface area contributed by atoms with Crippen molar-refractivity contribution in [3.8, 4) is 0 Å². The lowest BCUT2D eigenvalue weighted by Gasteiger charge is -2.40. The number of ether oxygens (including phenoxy) is 2. The van der Waals surface area contributed by atoms with Crippen LogP contribution in [0.25, 0.3) is 0 Å². The molecule has 0 saturated carbocycles. The van der Waals surface area contributed by atoms with Crippen LogP contribution in [0.3, 0.4) is 0 Å². The molecule has 1 heterocycles. The van der Waals surface area contributed by atoms with Crippen molar-refractivity contribution < 1.29 is 50.0 Å². The fraction of sp³-hybridized carbons (Fsp3) is 0.889. The summed E-state index contributed by atoms with van der Waals surface area (Å²) in [5, 5.41) is 76.6. The van der Waals surface area contributed by atoms with Gasteiger partial charge in [0, 0.05) is 0 Å². The highest BCUT2D eigenvalue weighted by molar-refractivity contribution is 5.80. The molecule has 542 valence electrons. The van der Waals surface area contributed by atoms with E-state index in [1.54, 1.807) is 0 Å². The summed E-state index contributed by atoms with van der Waals surface area (Å²) in [6.45, 7) is 3.50. The third-order valence-electron chi connectivity index (χ3n) is 19.3. The SMILES string of the molecule is CCCCCCCCCCCCCCCC/C=C/CC/C=C/CC/C=C/CCCC(O)C(O)C(COC1OC(CO)C(O)C(O)C1O)NC(=O)C(O)CCCCCCCCCCCCCCCCCC/C=C\CCCCCCCCCCCCCCCCCCCC. The summed E-state index contributed by atoms with van der Waals surface area (Å²) >= 11 is 0. The van der Waals surface area contributed by atoms with Gasteiger partial charge in [0.1, 0.15) is 36.6 Å². The van der Waals surface area contributed by atoms with Crippen LogP contribution in [0.2, 0.25) is 0 Å². The minimum absolute atomic E-state index is 0.242. The number of rotatable bonds is 71. The van der Waals surface area contributed by atoms with Crippen molar-refractivity contribution in [3.63, 3.8) is 0 Å². The molecule has 92 heavy (non-hydrogen) atoms. The van der Waals surface area contributed by atoms with Gasteiger partial charge in [-0.15, -0.1) is 0 Å². The van der Waals surface area contributed by atoms with Crippen LogP contribution < -0.4 is 5.32 Å². The molecule has 0 aliphatic carbocycles. The van der Waals surface area contributed by atoms with E-state index in [4.69, 9.17) is 9.47 Å². The first-order valence-corrected chi connectivity index (χ1v) is 40.0. The van der Waals surface area contributed by atoms with E-state index in [9.17, 15) is 40.5 Å². The fourth-order valence-electron chi connectivity index (χ4n) is 12.9. The average Bonchev–Trinajstić information content (AvgIpc) is 0.975. The molecule has 0 aromatic heterocycles. The van der Waals surface area contributed by atoms with Crippen LogP contribution in [0.15, 0.2) is 48.6 Å². The Hall–Kier alpha value is -1.93. The lowest BCUT2D eigenvalue weighted by atomic mass is 9.98. The zero-order chi connectivity index (χ0) is 66.7. The Bertz CT molecular complexity index is 1640. The van der Waals surface area contributed by atoms with Gasteiger partial charge in [-0.05, 0) is 89.9 Å². The first kappa shape index (κ1) is 88.1. The number of carbonyl (C=O) groups excluding carboxylic acids is 1. The lowest BCUT2D eigenvalue weighted by Crippen LogP contribution is -2.60. The van der Waals surface area contributed by atoms with Gasteiger partial charge in [0.15, 0.2) is 6.29 Å². The molecule has 1 fully saturated rings. The summed E-state index contributed by atoms with van der Waals surface area (Å²) in [6.07, 6.45) is 81.0. The van der Waals surface area contributed by atoms with Gasteiger partial charge < -0.3 is 50.5 Å². The Morgan fingerprint density at radius 1 is 0.370 bits per heavy atom. The molecule has 0 bridgehead atoms. The molecule has 1 aliphatic heterocycles. The van der Waals surface area contributed by atoms with Crippen molar-refractivity contribution in [1.82, 2.24) is 5.32 Å². The van der Waals surface area contributed by atoms with Crippen molar-refractivity contribution >= 4 is 5.91 Å². The summed E-state index contributed by atoms with van der Waals surface area (Å²) in [5.41, 5.74) is 0. The molecular weight excluding hydrogens is 1150 g/mol. The van der Waals surface area contributed by atoms with E-state index in [2.05, 4.69) is 67.8 Å². The molecule has 11 heteroatoms.